The summed E-state index contributed by atoms with van der Waals surface area (Å²) in [6.07, 6.45) is -1.89. The number of aliphatic hydroxyl groups excluding tert-OH is 2. The van der Waals surface area contributed by atoms with Gasteiger partial charge in [-0.15, -0.1) is 0 Å². The number of carbonyl (C=O) groups is 1. The number of carbonyl (C=O) groups excluding carboxylic acids is 1. The highest BCUT2D eigenvalue weighted by Gasteiger charge is 2.54. The Hall–Kier alpha value is -2.19. The third-order valence-electron chi connectivity index (χ3n) is 6.23. The summed E-state index contributed by atoms with van der Waals surface area (Å²) in [4.78, 5) is 17.0. The molecule has 8 heteroatoms. The molecule has 2 fully saturated rings. The largest absolute Gasteiger partial charge is 0.390 e. The second-order valence-corrected chi connectivity index (χ2v) is 9.14. The minimum atomic E-state index is -1.03. The molecule has 5 atom stereocenters. The third kappa shape index (κ3) is 4.15. The summed E-state index contributed by atoms with van der Waals surface area (Å²) >= 11 is 11.9. The lowest BCUT2D eigenvalue weighted by atomic mass is 9.77. The van der Waals surface area contributed by atoms with Crippen molar-refractivity contribution in [3.63, 3.8) is 0 Å². The van der Waals surface area contributed by atoms with Crippen molar-refractivity contribution in [3.05, 3.63) is 64.7 Å². The molecule has 0 radical (unpaired) electrons. The van der Waals surface area contributed by atoms with E-state index in [9.17, 15) is 15.0 Å². The Labute approximate surface area is 192 Å². The molecular weight excluding hydrogens is 434 g/mol. The van der Waals surface area contributed by atoms with Crippen LogP contribution in [0.1, 0.15) is 17.5 Å². The van der Waals surface area contributed by atoms with Crippen LogP contribution in [0.15, 0.2) is 48.5 Å². The van der Waals surface area contributed by atoms with Crippen molar-refractivity contribution in [3.8, 4) is 0 Å². The number of aryl methyl sites for hydroxylation is 1. The number of amides is 1. The van der Waals surface area contributed by atoms with Crippen LogP contribution in [0, 0.1) is 12.8 Å². The Morgan fingerprint density at radius 2 is 1.97 bits per heavy atom. The van der Waals surface area contributed by atoms with E-state index in [2.05, 4.69) is 5.32 Å². The van der Waals surface area contributed by atoms with Gasteiger partial charge in [0, 0.05) is 24.3 Å². The lowest BCUT2D eigenvalue weighted by Crippen LogP contribution is -2.61. The molecule has 4 rings (SSSR count). The Morgan fingerprint density at radius 1 is 1.26 bits per heavy atom. The number of halogens is 1. The first-order valence-electron chi connectivity index (χ1n) is 10.3. The van der Waals surface area contributed by atoms with Crippen molar-refractivity contribution in [2.45, 2.75) is 44.2 Å². The highest BCUT2D eigenvalue weighted by Crippen LogP contribution is 2.38. The van der Waals surface area contributed by atoms with Crippen molar-refractivity contribution < 1.29 is 15.0 Å². The fraction of sp³-hybridized carbons (Fsp3) is 0.391. The van der Waals surface area contributed by atoms with Gasteiger partial charge in [0.1, 0.15) is 6.10 Å². The van der Waals surface area contributed by atoms with E-state index in [4.69, 9.17) is 23.8 Å². The van der Waals surface area contributed by atoms with Gasteiger partial charge in [-0.3, -0.25) is 4.79 Å². The molecule has 0 bridgehead atoms. The number of hydrogen-bond acceptors (Lipinski definition) is 4. The van der Waals surface area contributed by atoms with Gasteiger partial charge in [0.2, 0.25) is 5.91 Å². The van der Waals surface area contributed by atoms with Gasteiger partial charge in [0.25, 0.3) is 0 Å². The molecule has 1 aliphatic carbocycles. The van der Waals surface area contributed by atoms with Crippen molar-refractivity contribution in [2.75, 3.05) is 11.9 Å². The fourth-order valence-corrected chi connectivity index (χ4v) is 5.11. The number of hydrogen-bond donors (Lipinski definition) is 3. The summed E-state index contributed by atoms with van der Waals surface area (Å²) in [6, 6.07) is 14.4. The van der Waals surface area contributed by atoms with Gasteiger partial charge in [-0.2, -0.15) is 0 Å². The zero-order chi connectivity index (χ0) is 22.3. The van der Waals surface area contributed by atoms with Crippen molar-refractivity contribution in [1.82, 2.24) is 10.2 Å². The van der Waals surface area contributed by atoms with E-state index in [-0.39, 0.29) is 12.3 Å². The molecular formula is C23H26ClN3O3S. The van der Waals surface area contributed by atoms with Crippen LogP contribution < -0.4 is 10.2 Å². The Kier molecular flexibility index (Phi) is 6.21. The SMILES string of the molecule is Cc1ccc(N2C(=S)NC3C(O)C(O)CC(C(=O)N(C)Cc4ccccc4)C32)cc1Cl. The first-order valence-corrected chi connectivity index (χ1v) is 11.1. The second kappa shape index (κ2) is 8.74. The summed E-state index contributed by atoms with van der Waals surface area (Å²) in [5.74, 6) is -0.648. The maximum Gasteiger partial charge on any atom is 0.228 e. The Bertz CT molecular complexity index is 989. The number of nitrogens with one attached hydrogen (secondary N) is 1. The van der Waals surface area contributed by atoms with E-state index in [1.54, 1.807) is 11.9 Å². The van der Waals surface area contributed by atoms with E-state index < -0.39 is 30.2 Å². The molecule has 2 aromatic rings. The van der Waals surface area contributed by atoms with Crippen LogP contribution in [0.2, 0.25) is 5.02 Å². The number of nitrogens with zero attached hydrogens (tertiary/aromatic N) is 2. The number of benzene rings is 2. The van der Waals surface area contributed by atoms with Gasteiger partial charge < -0.3 is 25.3 Å². The molecule has 0 spiro atoms. The molecule has 5 unspecified atom stereocenters. The predicted octanol–water partition coefficient (Wildman–Crippen LogP) is 2.48. The van der Waals surface area contributed by atoms with E-state index in [0.717, 1.165) is 16.8 Å². The van der Waals surface area contributed by atoms with Crippen LogP contribution in [0.25, 0.3) is 0 Å². The molecule has 1 aliphatic heterocycles. The Morgan fingerprint density at radius 3 is 2.65 bits per heavy atom. The lowest BCUT2D eigenvalue weighted by molar-refractivity contribution is -0.141. The number of fused-ring (bicyclic) bond motifs is 1. The molecule has 0 aromatic heterocycles. The monoisotopic (exact) mass is 459 g/mol. The van der Waals surface area contributed by atoms with Crippen molar-refractivity contribution >= 4 is 40.5 Å². The van der Waals surface area contributed by atoms with Crippen LogP contribution in [0.4, 0.5) is 5.69 Å². The molecule has 2 aliphatic rings. The second-order valence-electron chi connectivity index (χ2n) is 8.35. The molecule has 31 heavy (non-hydrogen) atoms. The lowest BCUT2D eigenvalue weighted by Gasteiger charge is -2.42. The molecule has 3 N–H and O–H groups in total. The highest BCUT2D eigenvalue weighted by atomic mass is 35.5. The summed E-state index contributed by atoms with van der Waals surface area (Å²) in [5.41, 5.74) is 2.72. The van der Waals surface area contributed by atoms with Gasteiger partial charge in [0.15, 0.2) is 5.11 Å². The van der Waals surface area contributed by atoms with Crippen LogP contribution in [-0.2, 0) is 11.3 Å². The first kappa shape index (κ1) is 22.0. The van der Waals surface area contributed by atoms with Crippen molar-refractivity contribution in [1.29, 1.82) is 0 Å². The molecule has 2 aromatic carbocycles. The topological polar surface area (TPSA) is 76.0 Å². The number of thiocarbonyl (C=S) groups is 1. The summed E-state index contributed by atoms with van der Waals surface area (Å²) in [6.45, 7) is 2.38. The average Bonchev–Trinajstić information content (AvgIpc) is 3.10. The molecule has 1 saturated carbocycles. The van der Waals surface area contributed by atoms with Crippen LogP contribution in [0.3, 0.4) is 0 Å². The first-order chi connectivity index (χ1) is 14.8. The van der Waals surface area contributed by atoms with Crippen LogP contribution >= 0.6 is 23.8 Å². The standard InChI is InChI=1S/C23H26ClN3O3S/c1-13-8-9-15(10-17(13)24)27-20-16(11-18(28)21(29)19(20)25-23(27)31)22(30)26(2)12-14-6-4-3-5-7-14/h3-10,16,18-21,28-29H,11-12H2,1-2H3,(H,25,31). The summed E-state index contributed by atoms with van der Waals surface area (Å²) in [7, 11) is 1.76. The van der Waals surface area contributed by atoms with Gasteiger partial charge >= 0.3 is 0 Å². The molecule has 1 saturated heterocycles. The zero-order valence-electron chi connectivity index (χ0n) is 17.4. The predicted molar refractivity (Wildman–Crippen MR) is 125 cm³/mol. The van der Waals surface area contributed by atoms with Gasteiger partial charge in [-0.1, -0.05) is 48.0 Å². The van der Waals surface area contributed by atoms with Gasteiger partial charge in [0.05, 0.1) is 24.1 Å². The maximum absolute atomic E-state index is 13.5. The Balaban J connectivity index is 1.66. The average molecular weight is 460 g/mol. The highest BCUT2D eigenvalue weighted by molar-refractivity contribution is 7.80. The fourth-order valence-electron chi connectivity index (χ4n) is 4.58. The smallest absolute Gasteiger partial charge is 0.228 e. The molecule has 164 valence electrons. The van der Waals surface area contributed by atoms with Crippen LogP contribution in [-0.4, -0.2) is 57.5 Å². The van der Waals surface area contributed by atoms with E-state index in [1.807, 2.05) is 60.4 Å². The minimum absolute atomic E-state index is 0.0977. The minimum Gasteiger partial charge on any atom is -0.390 e. The third-order valence-corrected chi connectivity index (χ3v) is 6.96. The van der Waals surface area contributed by atoms with Crippen LogP contribution in [0.5, 0.6) is 0 Å². The van der Waals surface area contributed by atoms with Gasteiger partial charge in [-0.05, 0) is 48.8 Å². The van der Waals surface area contributed by atoms with E-state index >= 15 is 0 Å². The molecule has 1 amide bonds. The molecule has 1 heterocycles. The number of aliphatic hydroxyl groups is 2. The summed E-state index contributed by atoms with van der Waals surface area (Å²) < 4.78 is 0. The van der Waals surface area contributed by atoms with Gasteiger partial charge in [-0.25, -0.2) is 0 Å². The summed E-state index contributed by atoms with van der Waals surface area (Å²) in [5, 5.41) is 25.3. The molecule has 6 nitrogen and oxygen atoms in total. The zero-order valence-corrected chi connectivity index (χ0v) is 19.0. The van der Waals surface area contributed by atoms with E-state index in [1.165, 1.54) is 0 Å². The number of rotatable bonds is 4. The quantitative estimate of drug-likeness (QED) is 0.610. The number of anilines is 1. The maximum atomic E-state index is 13.5. The normalized spacial score (nSPS) is 27.6. The van der Waals surface area contributed by atoms with E-state index in [0.29, 0.717) is 16.7 Å². The van der Waals surface area contributed by atoms with Crippen molar-refractivity contribution in [2.24, 2.45) is 5.92 Å².